The van der Waals surface area contributed by atoms with Crippen molar-refractivity contribution < 1.29 is 24.1 Å². The first kappa shape index (κ1) is 30.2. The molecule has 1 aliphatic heterocycles. The summed E-state index contributed by atoms with van der Waals surface area (Å²) >= 11 is 0. The number of nitrogens with two attached hydrogens (primary N) is 1. The summed E-state index contributed by atoms with van der Waals surface area (Å²) in [6.45, 7) is 3.95. The fourth-order valence-corrected chi connectivity index (χ4v) is 6.96. The molecule has 9 nitrogen and oxygen atoms in total. The smallest absolute Gasteiger partial charge is 0.306 e. The van der Waals surface area contributed by atoms with Gasteiger partial charge in [-0.15, -0.1) is 0 Å². The number of anilines is 2. The third kappa shape index (κ3) is 7.09. The number of hydrogen-bond acceptors (Lipinski definition) is 8. The van der Waals surface area contributed by atoms with Crippen LogP contribution in [0.15, 0.2) is 42.5 Å². The summed E-state index contributed by atoms with van der Waals surface area (Å²) in [7, 11) is 1.67. The standard InChI is InChI=1S/C35H44N4O5/c1-42-28-9-4-25(5-10-28)22-44-29-11-13-30-27(20-29)8-12-31-32(30)37-35(36)38-33(31)39-17-14-23(15-18-39)16-19-43-21-24-2-6-26(7-3-24)34(40)41/h4-5,9-11,13,20,23-24,26H,2-3,6-8,12,14-19,21-22H2,1H3,(H,40,41)(H2,36,37,38). The number of carbonyl (C=O) groups is 1. The van der Waals surface area contributed by atoms with Crippen LogP contribution in [0.5, 0.6) is 11.5 Å². The number of carboxylic acid groups (broad SMARTS) is 1. The molecule has 0 amide bonds. The maximum absolute atomic E-state index is 11.2. The van der Waals surface area contributed by atoms with E-state index in [1.807, 2.05) is 30.3 Å². The fraction of sp³-hybridized carbons (Fsp3) is 0.514. The third-order valence-electron chi connectivity index (χ3n) is 9.68. The van der Waals surface area contributed by atoms with Crippen molar-refractivity contribution in [3.63, 3.8) is 0 Å². The number of piperidine rings is 1. The number of carboxylic acids is 1. The molecule has 2 fully saturated rings. The van der Waals surface area contributed by atoms with Gasteiger partial charge in [-0.3, -0.25) is 4.79 Å². The summed E-state index contributed by atoms with van der Waals surface area (Å²) in [5.74, 6) is 3.33. The van der Waals surface area contributed by atoms with Crippen LogP contribution in [0, 0.1) is 17.8 Å². The van der Waals surface area contributed by atoms with Crippen LogP contribution in [0.4, 0.5) is 11.8 Å². The van der Waals surface area contributed by atoms with E-state index in [1.165, 1.54) is 11.1 Å². The maximum atomic E-state index is 11.2. The van der Waals surface area contributed by atoms with Crippen molar-refractivity contribution in [3.8, 4) is 22.8 Å². The lowest BCUT2D eigenvalue weighted by Gasteiger charge is -2.35. The van der Waals surface area contributed by atoms with Gasteiger partial charge >= 0.3 is 5.97 Å². The van der Waals surface area contributed by atoms with Crippen molar-refractivity contribution in [2.75, 3.05) is 44.0 Å². The van der Waals surface area contributed by atoms with Gasteiger partial charge in [0.2, 0.25) is 5.95 Å². The molecule has 6 rings (SSSR count). The van der Waals surface area contributed by atoms with Gasteiger partial charge < -0.3 is 30.0 Å². The zero-order valence-electron chi connectivity index (χ0n) is 25.7. The molecule has 0 atom stereocenters. The van der Waals surface area contributed by atoms with E-state index in [0.717, 1.165) is 118 Å². The van der Waals surface area contributed by atoms with Gasteiger partial charge in [0.25, 0.3) is 0 Å². The summed E-state index contributed by atoms with van der Waals surface area (Å²) in [4.78, 5) is 23.0. The minimum Gasteiger partial charge on any atom is -0.497 e. The zero-order valence-corrected chi connectivity index (χ0v) is 25.7. The van der Waals surface area contributed by atoms with Gasteiger partial charge in [0, 0.05) is 37.4 Å². The molecule has 0 bridgehead atoms. The molecule has 3 aromatic rings. The fourth-order valence-electron chi connectivity index (χ4n) is 6.96. The van der Waals surface area contributed by atoms with Crippen molar-refractivity contribution in [1.82, 2.24) is 9.97 Å². The van der Waals surface area contributed by atoms with E-state index in [1.54, 1.807) is 7.11 Å². The van der Waals surface area contributed by atoms with E-state index >= 15 is 0 Å². The minimum atomic E-state index is -0.646. The monoisotopic (exact) mass is 600 g/mol. The molecule has 9 heteroatoms. The Balaban J connectivity index is 1.01. The molecule has 3 N–H and O–H groups in total. The van der Waals surface area contributed by atoms with E-state index in [9.17, 15) is 9.90 Å². The van der Waals surface area contributed by atoms with Gasteiger partial charge in [-0.2, -0.15) is 4.98 Å². The van der Waals surface area contributed by atoms with E-state index < -0.39 is 5.97 Å². The summed E-state index contributed by atoms with van der Waals surface area (Å²) in [6, 6.07) is 14.2. The van der Waals surface area contributed by atoms with E-state index in [4.69, 9.17) is 29.9 Å². The van der Waals surface area contributed by atoms with Gasteiger partial charge in [-0.1, -0.05) is 12.1 Å². The molecule has 0 spiro atoms. The number of aromatic nitrogens is 2. The molecule has 2 aliphatic carbocycles. The van der Waals surface area contributed by atoms with Gasteiger partial charge in [-0.05, 0) is 111 Å². The molecule has 1 saturated carbocycles. The number of nitrogen functional groups attached to an aromatic ring is 1. The van der Waals surface area contributed by atoms with Gasteiger partial charge in [-0.25, -0.2) is 4.98 Å². The second kappa shape index (κ2) is 13.8. The number of methoxy groups -OCH3 is 1. The quantitative estimate of drug-likeness (QED) is 0.258. The van der Waals surface area contributed by atoms with Crippen LogP contribution >= 0.6 is 0 Å². The van der Waals surface area contributed by atoms with Crippen LogP contribution in [0.2, 0.25) is 0 Å². The molecule has 44 heavy (non-hydrogen) atoms. The Bertz CT molecular complexity index is 1430. The number of nitrogens with zero attached hydrogens (tertiary/aromatic N) is 3. The molecule has 2 aromatic carbocycles. The molecule has 1 aromatic heterocycles. The van der Waals surface area contributed by atoms with Crippen molar-refractivity contribution in [1.29, 1.82) is 0 Å². The molecule has 2 heterocycles. The molecular weight excluding hydrogens is 556 g/mol. The van der Waals surface area contributed by atoms with Crippen LogP contribution in [0.1, 0.15) is 61.6 Å². The number of benzene rings is 2. The lowest BCUT2D eigenvalue weighted by Crippen LogP contribution is -2.36. The Morgan fingerprint density at radius 1 is 0.955 bits per heavy atom. The van der Waals surface area contributed by atoms with Gasteiger partial charge in [0.05, 0.1) is 18.7 Å². The van der Waals surface area contributed by atoms with Crippen molar-refractivity contribution >= 4 is 17.7 Å². The first-order valence-electron chi connectivity index (χ1n) is 16.1. The van der Waals surface area contributed by atoms with Crippen molar-refractivity contribution in [2.24, 2.45) is 17.8 Å². The topological polar surface area (TPSA) is 120 Å². The first-order valence-corrected chi connectivity index (χ1v) is 16.1. The van der Waals surface area contributed by atoms with Crippen LogP contribution in [-0.2, 0) is 29.0 Å². The van der Waals surface area contributed by atoms with Gasteiger partial charge in [0.1, 0.15) is 23.9 Å². The second-order valence-corrected chi connectivity index (χ2v) is 12.5. The van der Waals surface area contributed by atoms with E-state index in [0.29, 0.717) is 24.4 Å². The van der Waals surface area contributed by atoms with Crippen LogP contribution in [0.25, 0.3) is 11.3 Å². The maximum Gasteiger partial charge on any atom is 0.306 e. The van der Waals surface area contributed by atoms with E-state index in [2.05, 4.69) is 17.0 Å². The largest absolute Gasteiger partial charge is 0.497 e. The highest BCUT2D eigenvalue weighted by atomic mass is 16.5. The predicted octanol–water partition coefficient (Wildman–Crippen LogP) is 5.93. The molecule has 234 valence electrons. The number of aryl methyl sites for hydroxylation is 1. The predicted molar refractivity (Wildman–Crippen MR) is 170 cm³/mol. The number of ether oxygens (including phenoxy) is 3. The Hall–Kier alpha value is -3.85. The van der Waals surface area contributed by atoms with Crippen LogP contribution < -0.4 is 20.1 Å². The van der Waals surface area contributed by atoms with Crippen molar-refractivity contribution in [2.45, 2.75) is 64.4 Å². The Labute approximate surface area is 259 Å². The Kier molecular flexibility index (Phi) is 9.50. The average molecular weight is 601 g/mol. The van der Waals surface area contributed by atoms with E-state index in [-0.39, 0.29) is 5.92 Å². The highest BCUT2D eigenvalue weighted by molar-refractivity contribution is 5.76. The number of hydrogen-bond donors (Lipinski definition) is 2. The van der Waals surface area contributed by atoms with Crippen LogP contribution in [-0.4, -0.2) is 54.5 Å². The summed E-state index contributed by atoms with van der Waals surface area (Å²) in [5.41, 5.74) is 11.8. The molecule has 0 radical (unpaired) electrons. The highest BCUT2D eigenvalue weighted by Crippen LogP contribution is 2.39. The normalized spacial score (nSPS) is 20.1. The minimum absolute atomic E-state index is 0.161. The van der Waals surface area contributed by atoms with Crippen LogP contribution in [0.3, 0.4) is 0 Å². The lowest BCUT2D eigenvalue weighted by atomic mass is 9.82. The number of rotatable bonds is 11. The molecular formula is C35H44N4O5. The molecule has 1 saturated heterocycles. The van der Waals surface area contributed by atoms with Gasteiger partial charge in [0.15, 0.2) is 0 Å². The summed E-state index contributed by atoms with van der Waals surface area (Å²) in [5, 5.41) is 9.20. The summed E-state index contributed by atoms with van der Waals surface area (Å²) < 4.78 is 17.4. The highest BCUT2D eigenvalue weighted by Gasteiger charge is 2.29. The second-order valence-electron chi connectivity index (χ2n) is 12.5. The average Bonchev–Trinajstić information content (AvgIpc) is 3.06. The molecule has 0 unspecified atom stereocenters. The Morgan fingerprint density at radius 3 is 2.43 bits per heavy atom. The SMILES string of the molecule is COc1ccc(COc2ccc3c(c2)CCc2c-3nc(N)nc2N2CCC(CCOCC3CCC(C(=O)O)CC3)CC2)cc1. The zero-order chi connectivity index (χ0) is 30.5. The van der Waals surface area contributed by atoms with Crippen molar-refractivity contribution in [3.05, 3.63) is 59.2 Å². The lowest BCUT2D eigenvalue weighted by molar-refractivity contribution is -0.143. The first-order chi connectivity index (χ1) is 21.5. The number of aliphatic carboxylic acids is 1. The summed E-state index contributed by atoms with van der Waals surface area (Å²) in [6.07, 6.45) is 8.57. The Morgan fingerprint density at radius 2 is 1.70 bits per heavy atom. The molecule has 3 aliphatic rings. The third-order valence-corrected chi connectivity index (χ3v) is 9.68. The number of fused-ring (bicyclic) bond motifs is 3.